The number of benzene rings is 2. The second-order valence-corrected chi connectivity index (χ2v) is 4.56. The number of anilines is 1. The van der Waals surface area contributed by atoms with Gasteiger partial charge < -0.3 is 15.2 Å². The Morgan fingerprint density at radius 3 is 2.75 bits per heavy atom. The number of rotatable bonds is 5. The lowest BCUT2D eigenvalue weighted by atomic mass is 10.1. The minimum absolute atomic E-state index is 0.0731. The Bertz CT molecular complexity index is 599. The summed E-state index contributed by atoms with van der Waals surface area (Å²) in [6.07, 6.45) is 0. The third-order valence-electron chi connectivity index (χ3n) is 2.95. The van der Waals surface area contributed by atoms with E-state index in [1.807, 2.05) is 32.0 Å². The third-order valence-corrected chi connectivity index (χ3v) is 2.95. The topological polar surface area (TPSA) is 41.5 Å². The van der Waals surface area contributed by atoms with Crippen LogP contribution in [0.25, 0.3) is 0 Å². The summed E-state index contributed by atoms with van der Waals surface area (Å²) in [6, 6.07) is 9.72. The Morgan fingerprint density at radius 2 is 2.00 bits per heavy atom. The molecule has 0 atom stereocenters. The molecule has 0 aliphatic heterocycles. The van der Waals surface area contributed by atoms with Crippen molar-refractivity contribution >= 4 is 5.69 Å². The smallest absolute Gasteiger partial charge is 0.142 e. The molecule has 106 valence electrons. The summed E-state index contributed by atoms with van der Waals surface area (Å²) in [5.41, 5.74) is 2.43. The van der Waals surface area contributed by atoms with Crippen LogP contribution in [-0.2, 0) is 6.54 Å². The number of nitrogens with one attached hydrogen (secondary N) is 1. The largest absolute Gasteiger partial charge is 0.508 e. The van der Waals surface area contributed by atoms with Crippen molar-refractivity contribution in [1.82, 2.24) is 0 Å². The Kier molecular flexibility index (Phi) is 4.45. The van der Waals surface area contributed by atoms with E-state index in [1.165, 1.54) is 18.2 Å². The zero-order valence-corrected chi connectivity index (χ0v) is 11.6. The average molecular weight is 275 g/mol. The van der Waals surface area contributed by atoms with E-state index in [-0.39, 0.29) is 11.6 Å². The fraction of sp³-hybridized carbons (Fsp3) is 0.250. The van der Waals surface area contributed by atoms with Gasteiger partial charge in [-0.15, -0.1) is 0 Å². The van der Waals surface area contributed by atoms with Gasteiger partial charge in [-0.2, -0.15) is 0 Å². The highest BCUT2D eigenvalue weighted by atomic mass is 19.1. The maximum atomic E-state index is 13.2. The summed E-state index contributed by atoms with van der Waals surface area (Å²) in [7, 11) is 0. The van der Waals surface area contributed by atoms with Gasteiger partial charge >= 0.3 is 0 Å². The van der Waals surface area contributed by atoms with Gasteiger partial charge in [0.05, 0.1) is 12.3 Å². The number of phenols is 1. The number of hydrogen-bond donors (Lipinski definition) is 2. The number of phenolic OH excluding ortho intramolecular Hbond substituents is 1. The molecule has 0 amide bonds. The summed E-state index contributed by atoms with van der Waals surface area (Å²) in [5, 5.41) is 12.8. The van der Waals surface area contributed by atoms with E-state index in [4.69, 9.17) is 4.74 Å². The van der Waals surface area contributed by atoms with Crippen LogP contribution in [0, 0.1) is 12.7 Å². The fourth-order valence-electron chi connectivity index (χ4n) is 1.94. The highest BCUT2D eigenvalue weighted by Crippen LogP contribution is 2.27. The van der Waals surface area contributed by atoms with Crippen molar-refractivity contribution < 1.29 is 14.2 Å². The first kappa shape index (κ1) is 14.2. The van der Waals surface area contributed by atoms with Gasteiger partial charge in [-0.25, -0.2) is 4.39 Å². The maximum absolute atomic E-state index is 13.2. The van der Waals surface area contributed by atoms with Crippen molar-refractivity contribution in [3.8, 4) is 11.5 Å². The van der Waals surface area contributed by atoms with Crippen LogP contribution < -0.4 is 10.1 Å². The van der Waals surface area contributed by atoms with Crippen LogP contribution in [-0.4, -0.2) is 11.7 Å². The van der Waals surface area contributed by atoms with Crippen molar-refractivity contribution in [1.29, 1.82) is 0 Å². The van der Waals surface area contributed by atoms with Gasteiger partial charge in [-0.3, -0.25) is 0 Å². The van der Waals surface area contributed by atoms with Crippen molar-refractivity contribution in [3.63, 3.8) is 0 Å². The van der Waals surface area contributed by atoms with Gasteiger partial charge in [0.2, 0.25) is 0 Å². The lowest BCUT2D eigenvalue weighted by Crippen LogP contribution is -2.03. The Morgan fingerprint density at radius 1 is 1.20 bits per heavy atom. The molecule has 2 N–H and O–H groups in total. The van der Waals surface area contributed by atoms with Crippen LogP contribution in [0.1, 0.15) is 18.1 Å². The van der Waals surface area contributed by atoms with Crippen molar-refractivity contribution in [2.45, 2.75) is 20.4 Å². The summed E-state index contributed by atoms with van der Waals surface area (Å²) in [5.74, 6) is 0.459. The molecule has 0 saturated heterocycles. The highest BCUT2D eigenvalue weighted by Gasteiger charge is 2.06. The molecule has 0 aromatic heterocycles. The summed E-state index contributed by atoms with van der Waals surface area (Å²) in [6.45, 7) is 4.81. The SMILES string of the molecule is CCOc1cc(C)ccc1NCc1cc(F)ccc1O. The average Bonchev–Trinajstić information content (AvgIpc) is 2.42. The summed E-state index contributed by atoms with van der Waals surface area (Å²) >= 11 is 0. The molecule has 0 spiro atoms. The molecule has 0 unspecified atom stereocenters. The molecule has 2 rings (SSSR count). The van der Waals surface area contributed by atoms with Crippen molar-refractivity contribution in [3.05, 3.63) is 53.3 Å². The Hall–Kier alpha value is -2.23. The molecular weight excluding hydrogens is 257 g/mol. The van der Waals surface area contributed by atoms with Gasteiger partial charge in [0.25, 0.3) is 0 Å². The number of halogens is 1. The molecule has 20 heavy (non-hydrogen) atoms. The lowest BCUT2D eigenvalue weighted by Gasteiger charge is -2.14. The molecule has 2 aromatic carbocycles. The van der Waals surface area contributed by atoms with Crippen molar-refractivity contribution in [2.24, 2.45) is 0 Å². The molecule has 3 nitrogen and oxygen atoms in total. The standard InChI is InChI=1S/C16H18FNO2/c1-3-20-16-8-11(2)4-6-14(16)18-10-12-9-13(17)5-7-15(12)19/h4-9,18-19H,3,10H2,1-2H3. The molecule has 0 radical (unpaired) electrons. The maximum Gasteiger partial charge on any atom is 0.142 e. The Balaban J connectivity index is 2.16. The normalized spacial score (nSPS) is 10.3. The van der Waals surface area contributed by atoms with Gasteiger partial charge in [0.1, 0.15) is 17.3 Å². The van der Waals surface area contributed by atoms with Crippen LogP contribution in [0.4, 0.5) is 10.1 Å². The van der Waals surface area contributed by atoms with E-state index in [1.54, 1.807) is 0 Å². The molecule has 0 heterocycles. The first-order chi connectivity index (χ1) is 9.60. The molecule has 0 fully saturated rings. The van der Waals surface area contributed by atoms with E-state index in [0.717, 1.165) is 17.0 Å². The Labute approximate surface area is 118 Å². The lowest BCUT2D eigenvalue weighted by molar-refractivity contribution is 0.341. The van der Waals surface area contributed by atoms with Gasteiger partial charge in [-0.05, 0) is 49.7 Å². The van der Waals surface area contributed by atoms with Crippen LogP contribution >= 0.6 is 0 Å². The summed E-state index contributed by atoms with van der Waals surface area (Å²) < 4.78 is 18.7. The van der Waals surface area contributed by atoms with Crippen LogP contribution in [0.2, 0.25) is 0 Å². The third kappa shape index (κ3) is 3.41. The van der Waals surface area contributed by atoms with Crippen LogP contribution in [0.15, 0.2) is 36.4 Å². The minimum Gasteiger partial charge on any atom is -0.508 e. The van der Waals surface area contributed by atoms with Crippen molar-refractivity contribution in [2.75, 3.05) is 11.9 Å². The molecule has 0 aliphatic rings. The second-order valence-electron chi connectivity index (χ2n) is 4.56. The quantitative estimate of drug-likeness (QED) is 0.871. The van der Waals surface area contributed by atoms with E-state index < -0.39 is 0 Å². The number of aryl methyl sites for hydroxylation is 1. The zero-order chi connectivity index (χ0) is 14.5. The predicted molar refractivity (Wildman–Crippen MR) is 77.7 cm³/mol. The molecule has 4 heteroatoms. The molecule has 2 aromatic rings. The molecule has 0 bridgehead atoms. The molecule has 0 aliphatic carbocycles. The molecular formula is C16H18FNO2. The van der Waals surface area contributed by atoms with E-state index in [2.05, 4.69) is 5.32 Å². The first-order valence-corrected chi connectivity index (χ1v) is 6.55. The van der Waals surface area contributed by atoms with Crippen LogP contribution in [0.3, 0.4) is 0 Å². The van der Waals surface area contributed by atoms with Gasteiger partial charge in [0, 0.05) is 12.1 Å². The van der Waals surface area contributed by atoms with Gasteiger partial charge in [-0.1, -0.05) is 6.07 Å². The zero-order valence-electron chi connectivity index (χ0n) is 11.6. The van der Waals surface area contributed by atoms with Crippen LogP contribution in [0.5, 0.6) is 11.5 Å². The number of ether oxygens (including phenoxy) is 1. The fourth-order valence-corrected chi connectivity index (χ4v) is 1.94. The highest BCUT2D eigenvalue weighted by molar-refractivity contribution is 5.58. The number of aromatic hydroxyl groups is 1. The van der Waals surface area contributed by atoms with E-state index >= 15 is 0 Å². The first-order valence-electron chi connectivity index (χ1n) is 6.55. The van der Waals surface area contributed by atoms with Gasteiger partial charge in [0.15, 0.2) is 0 Å². The number of hydrogen-bond acceptors (Lipinski definition) is 3. The summed E-state index contributed by atoms with van der Waals surface area (Å²) in [4.78, 5) is 0. The molecule has 0 saturated carbocycles. The second kappa shape index (κ2) is 6.28. The van der Waals surface area contributed by atoms with E-state index in [9.17, 15) is 9.50 Å². The van der Waals surface area contributed by atoms with E-state index in [0.29, 0.717) is 18.7 Å². The minimum atomic E-state index is -0.367. The predicted octanol–water partition coefficient (Wildman–Crippen LogP) is 3.85. The monoisotopic (exact) mass is 275 g/mol.